The second kappa shape index (κ2) is 10.4. The fourth-order valence-electron chi connectivity index (χ4n) is 4.59. The molecule has 0 radical (unpaired) electrons. The van der Waals surface area contributed by atoms with Crippen molar-refractivity contribution in [2.45, 2.75) is 31.1 Å². The Morgan fingerprint density at radius 1 is 1.13 bits per heavy atom. The average Bonchev–Trinajstić information content (AvgIpc) is 3.64. The molecule has 3 aromatic heterocycles. The number of halogens is 3. The van der Waals surface area contributed by atoms with Gasteiger partial charge in [-0.3, -0.25) is 14.4 Å². The predicted molar refractivity (Wildman–Crippen MR) is 126 cm³/mol. The Morgan fingerprint density at radius 3 is 2.34 bits per heavy atom. The number of rotatable bonds is 2. The summed E-state index contributed by atoms with van der Waals surface area (Å²) in [7, 11) is 3.19. The molecule has 0 unspecified atom stereocenters. The van der Waals surface area contributed by atoms with Crippen molar-refractivity contribution in [3.8, 4) is 10.7 Å². The van der Waals surface area contributed by atoms with Gasteiger partial charge in [0.15, 0.2) is 11.6 Å². The molecule has 1 fully saturated rings. The molecule has 5 heterocycles. The Kier molecular flexibility index (Phi) is 7.44. The van der Waals surface area contributed by atoms with E-state index in [2.05, 4.69) is 19.9 Å². The zero-order valence-corrected chi connectivity index (χ0v) is 21.2. The summed E-state index contributed by atoms with van der Waals surface area (Å²) in [6.45, 7) is 1.97. The van der Waals surface area contributed by atoms with Gasteiger partial charge in [0.25, 0.3) is 5.91 Å². The van der Waals surface area contributed by atoms with Crippen molar-refractivity contribution < 1.29 is 37.4 Å². The van der Waals surface area contributed by atoms with Crippen molar-refractivity contribution in [2.75, 3.05) is 26.7 Å². The number of alkyl halides is 3. The van der Waals surface area contributed by atoms with Crippen LogP contribution < -0.4 is 0 Å². The van der Waals surface area contributed by atoms with Crippen LogP contribution in [-0.2, 0) is 28.7 Å². The maximum Gasteiger partial charge on any atom is 0.490 e. The van der Waals surface area contributed by atoms with Crippen LogP contribution in [0.25, 0.3) is 10.7 Å². The van der Waals surface area contributed by atoms with Crippen LogP contribution >= 0.6 is 11.3 Å². The van der Waals surface area contributed by atoms with Crippen molar-refractivity contribution in [1.29, 1.82) is 0 Å². The van der Waals surface area contributed by atoms with Crippen molar-refractivity contribution in [3.63, 3.8) is 0 Å². The number of likely N-dealkylation sites (tertiary alicyclic amines) is 1. The molecule has 1 saturated heterocycles. The quantitative estimate of drug-likeness (QED) is 0.510. The molecule has 16 heteroatoms. The van der Waals surface area contributed by atoms with E-state index in [9.17, 15) is 22.8 Å². The number of ether oxygens (including phenoxy) is 1. The number of amides is 2. The van der Waals surface area contributed by atoms with E-state index in [1.807, 2.05) is 22.4 Å². The van der Waals surface area contributed by atoms with Crippen LogP contribution in [0.4, 0.5) is 18.0 Å². The van der Waals surface area contributed by atoms with E-state index in [0.29, 0.717) is 44.7 Å². The Morgan fingerprint density at radius 2 is 1.82 bits per heavy atom. The predicted octanol–water partition coefficient (Wildman–Crippen LogP) is 2.59. The van der Waals surface area contributed by atoms with Crippen molar-refractivity contribution in [2.24, 2.45) is 7.05 Å². The second-order valence-corrected chi connectivity index (χ2v) is 9.72. The number of aromatic nitrogens is 5. The lowest BCUT2D eigenvalue weighted by Crippen LogP contribution is -2.57. The van der Waals surface area contributed by atoms with Crippen LogP contribution in [0.15, 0.2) is 29.8 Å². The molecule has 1 N–H and O–H groups in total. The first kappa shape index (κ1) is 27.1. The lowest BCUT2D eigenvalue weighted by atomic mass is 9.84. The number of carboxylic acids is 1. The van der Waals surface area contributed by atoms with Crippen molar-refractivity contribution in [3.05, 3.63) is 41.3 Å². The van der Waals surface area contributed by atoms with Gasteiger partial charge in [0.2, 0.25) is 0 Å². The minimum Gasteiger partial charge on any atom is -0.475 e. The molecule has 3 aromatic rings. The number of methoxy groups -OCH3 is 1. The Bertz CT molecular complexity index is 1310. The highest BCUT2D eigenvalue weighted by atomic mass is 32.1. The van der Waals surface area contributed by atoms with Gasteiger partial charge in [-0.25, -0.2) is 9.59 Å². The number of thiophene rings is 1. The first-order valence-corrected chi connectivity index (χ1v) is 12.2. The molecule has 204 valence electrons. The fourth-order valence-corrected chi connectivity index (χ4v) is 5.29. The Balaban J connectivity index is 0.000000426. The molecule has 0 saturated carbocycles. The number of hydrogen-bond acceptors (Lipinski definition) is 8. The van der Waals surface area contributed by atoms with Crippen LogP contribution in [0, 0.1) is 0 Å². The third kappa shape index (κ3) is 5.34. The normalized spacial score (nSPS) is 16.4. The summed E-state index contributed by atoms with van der Waals surface area (Å²) < 4.78 is 40.6. The standard InChI is InChI=1S/C20H23N7O3S.C2HF3O2/c1-24-8-5-14(23-24)18(28)25-9-6-20(7-10-25)13-26(19(29)30-2)12-16-21-22-17(27(16)20)15-4-3-11-31-15;3-2(4,5)1(6)7/h3-5,8,11H,6-7,9-10,12-13H2,1-2H3;(H,6,7). The van der Waals surface area contributed by atoms with Crippen LogP contribution in [0.5, 0.6) is 0 Å². The summed E-state index contributed by atoms with van der Waals surface area (Å²) in [4.78, 5) is 38.7. The number of aliphatic carboxylic acids is 1. The van der Waals surface area contributed by atoms with Gasteiger partial charge < -0.3 is 19.3 Å². The SMILES string of the molecule is COC(=O)N1Cc2nnc(-c3cccs3)n2C2(CCN(C(=O)c3ccn(C)n3)CC2)C1.O=C(O)C(F)(F)F. The molecule has 2 aliphatic heterocycles. The molecule has 5 rings (SSSR count). The highest BCUT2D eigenvalue weighted by molar-refractivity contribution is 7.13. The number of carbonyl (C=O) groups is 3. The molecule has 2 amide bonds. The number of fused-ring (bicyclic) bond motifs is 2. The number of carbonyl (C=O) groups excluding carboxylic acids is 2. The topological polar surface area (TPSA) is 136 Å². The summed E-state index contributed by atoms with van der Waals surface area (Å²) in [5.74, 6) is -1.27. The van der Waals surface area contributed by atoms with E-state index < -0.39 is 17.7 Å². The molecule has 0 atom stereocenters. The highest BCUT2D eigenvalue weighted by Gasteiger charge is 2.46. The van der Waals surface area contributed by atoms with Crippen LogP contribution in [0.2, 0.25) is 0 Å². The molecule has 12 nitrogen and oxygen atoms in total. The molecular formula is C22H24F3N7O5S. The molecule has 1 spiro atoms. The molecule has 0 aromatic carbocycles. The number of nitrogens with zero attached hydrogens (tertiary/aromatic N) is 7. The van der Waals surface area contributed by atoms with Gasteiger partial charge >= 0.3 is 18.2 Å². The number of hydrogen-bond donors (Lipinski definition) is 1. The van der Waals surface area contributed by atoms with E-state index in [4.69, 9.17) is 14.6 Å². The van der Waals surface area contributed by atoms with Gasteiger partial charge in [0, 0.05) is 32.9 Å². The van der Waals surface area contributed by atoms with E-state index in [0.717, 1.165) is 16.5 Å². The summed E-state index contributed by atoms with van der Waals surface area (Å²) in [5.41, 5.74) is 0.0495. The zero-order valence-electron chi connectivity index (χ0n) is 20.4. The van der Waals surface area contributed by atoms with E-state index in [1.165, 1.54) is 7.11 Å². The molecule has 2 aliphatic rings. The fraction of sp³-hybridized carbons (Fsp3) is 0.455. The summed E-state index contributed by atoms with van der Waals surface area (Å²) in [6, 6.07) is 5.76. The minimum absolute atomic E-state index is 0.0708. The minimum atomic E-state index is -5.08. The molecule has 0 bridgehead atoms. The van der Waals surface area contributed by atoms with Gasteiger partial charge in [-0.05, 0) is 30.4 Å². The van der Waals surface area contributed by atoms with Gasteiger partial charge in [-0.1, -0.05) is 6.07 Å². The summed E-state index contributed by atoms with van der Waals surface area (Å²) >= 11 is 1.61. The third-order valence-electron chi connectivity index (χ3n) is 6.35. The Hall–Kier alpha value is -3.95. The van der Waals surface area contributed by atoms with Crippen molar-refractivity contribution >= 4 is 29.3 Å². The van der Waals surface area contributed by atoms with Crippen molar-refractivity contribution in [1.82, 2.24) is 34.3 Å². The maximum absolute atomic E-state index is 12.9. The van der Waals surface area contributed by atoms with E-state index in [-0.39, 0.29) is 12.0 Å². The zero-order chi connectivity index (χ0) is 27.7. The largest absolute Gasteiger partial charge is 0.490 e. The van der Waals surface area contributed by atoms with Gasteiger partial charge in [-0.15, -0.1) is 21.5 Å². The smallest absolute Gasteiger partial charge is 0.475 e. The van der Waals surface area contributed by atoms with Crippen LogP contribution in [0.1, 0.15) is 29.2 Å². The van der Waals surface area contributed by atoms with Gasteiger partial charge in [0.05, 0.1) is 24.1 Å². The highest BCUT2D eigenvalue weighted by Crippen LogP contribution is 2.40. The molecular weight excluding hydrogens is 531 g/mol. The monoisotopic (exact) mass is 555 g/mol. The molecule has 0 aliphatic carbocycles. The first-order chi connectivity index (χ1) is 17.9. The summed E-state index contributed by atoms with van der Waals surface area (Å²) in [5, 5.41) is 22.3. The lowest BCUT2D eigenvalue weighted by molar-refractivity contribution is -0.192. The maximum atomic E-state index is 12.9. The second-order valence-electron chi connectivity index (χ2n) is 8.77. The van der Waals surface area contributed by atoms with Gasteiger partial charge in [-0.2, -0.15) is 18.3 Å². The number of carboxylic acid groups (broad SMARTS) is 1. The van der Waals surface area contributed by atoms with Crippen LogP contribution in [0.3, 0.4) is 0 Å². The van der Waals surface area contributed by atoms with E-state index >= 15 is 0 Å². The molecule has 38 heavy (non-hydrogen) atoms. The third-order valence-corrected chi connectivity index (χ3v) is 7.22. The number of aryl methyl sites for hydroxylation is 1. The Labute approximate surface area is 218 Å². The number of piperidine rings is 1. The van der Waals surface area contributed by atoms with Gasteiger partial charge in [0.1, 0.15) is 5.69 Å². The summed E-state index contributed by atoms with van der Waals surface area (Å²) in [6.07, 6.45) is -2.33. The first-order valence-electron chi connectivity index (χ1n) is 11.4. The lowest BCUT2D eigenvalue weighted by Gasteiger charge is -2.48. The van der Waals surface area contributed by atoms with E-state index in [1.54, 1.807) is 40.2 Å². The van der Waals surface area contributed by atoms with Crippen LogP contribution in [-0.4, -0.2) is 90.3 Å². The average molecular weight is 556 g/mol.